The Bertz CT molecular complexity index is 688. The summed E-state index contributed by atoms with van der Waals surface area (Å²) in [7, 11) is -3.72. The molecule has 20 heavy (non-hydrogen) atoms. The smallest absolute Gasteiger partial charge is 0.241 e. The van der Waals surface area contributed by atoms with Crippen molar-refractivity contribution in [3.8, 4) is 0 Å². The van der Waals surface area contributed by atoms with Crippen LogP contribution in [-0.2, 0) is 10.0 Å². The number of halogens is 1. The third-order valence-corrected chi connectivity index (χ3v) is 4.53. The summed E-state index contributed by atoms with van der Waals surface area (Å²) in [6, 6.07) is 4.16. The maximum absolute atomic E-state index is 12.8. The summed E-state index contributed by atoms with van der Waals surface area (Å²) in [6.45, 7) is 5.17. The highest BCUT2D eigenvalue weighted by Crippen LogP contribution is 2.23. The number of aryl methyl sites for hydroxylation is 2. The standard InChI is InChI=1S/C13H15FN2O3S/c1-8-13(10(3)19-15-8)9(2)16-20(17,18)12-6-4-11(14)5-7-12/h4-7,9,16H,1-3H3. The molecule has 1 N–H and O–H groups in total. The van der Waals surface area contributed by atoms with Crippen molar-refractivity contribution in [3.63, 3.8) is 0 Å². The predicted octanol–water partition coefficient (Wildman–Crippen LogP) is 2.47. The lowest BCUT2D eigenvalue weighted by Crippen LogP contribution is -2.27. The van der Waals surface area contributed by atoms with Gasteiger partial charge in [-0.25, -0.2) is 17.5 Å². The van der Waals surface area contributed by atoms with Gasteiger partial charge < -0.3 is 4.52 Å². The Morgan fingerprint density at radius 2 is 1.85 bits per heavy atom. The number of nitrogens with zero attached hydrogens (tertiary/aromatic N) is 1. The van der Waals surface area contributed by atoms with Crippen molar-refractivity contribution in [1.29, 1.82) is 0 Å². The summed E-state index contributed by atoms with van der Waals surface area (Å²) in [6.07, 6.45) is 0. The van der Waals surface area contributed by atoms with E-state index in [1.54, 1.807) is 20.8 Å². The lowest BCUT2D eigenvalue weighted by atomic mass is 10.1. The lowest BCUT2D eigenvalue weighted by Gasteiger charge is -2.14. The van der Waals surface area contributed by atoms with Gasteiger partial charge in [-0.2, -0.15) is 0 Å². The van der Waals surface area contributed by atoms with Crippen LogP contribution in [0.2, 0.25) is 0 Å². The number of benzene rings is 1. The Balaban J connectivity index is 2.27. The Morgan fingerprint density at radius 1 is 1.25 bits per heavy atom. The first-order valence-electron chi connectivity index (χ1n) is 6.02. The van der Waals surface area contributed by atoms with Crippen molar-refractivity contribution in [2.24, 2.45) is 0 Å². The average molecular weight is 298 g/mol. The maximum Gasteiger partial charge on any atom is 0.241 e. The Hall–Kier alpha value is -1.73. The highest BCUT2D eigenvalue weighted by molar-refractivity contribution is 7.89. The van der Waals surface area contributed by atoms with E-state index in [1.807, 2.05) is 0 Å². The highest BCUT2D eigenvalue weighted by atomic mass is 32.2. The van der Waals surface area contributed by atoms with Crippen LogP contribution in [0.4, 0.5) is 4.39 Å². The molecule has 0 spiro atoms. The molecule has 2 aromatic rings. The Labute approximate surface area is 116 Å². The first-order chi connectivity index (χ1) is 9.31. The van der Waals surface area contributed by atoms with E-state index in [9.17, 15) is 12.8 Å². The molecular weight excluding hydrogens is 283 g/mol. The molecule has 0 aliphatic carbocycles. The third-order valence-electron chi connectivity index (χ3n) is 2.98. The van der Waals surface area contributed by atoms with Crippen LogP contribution in [0.3, 0.4) is 0 Å². The van der Waals surface area contributed by atoms with E-state index in [4.69, 9.17) is 4.52 Å². The summed E-state index contributed by atoms with van der Waals surface area (Å²) in [5.41, 5.74) is 1.34. The van der Waals surface area contributed by atoms with E-state index in [-0.39, 0.29) is 4.90 Å². The molecule has 5 nitrogen and oxygen atoms in total. The number of aromatic nitrogens is 1. The van der Waals surface area contributed by atoms with Crippen molar-refractivity contribution < 1.29 is 17.3 Å². The van der Waals surface area contributed by atoms with Crippen LogP contribution < -0.4 is 4.72 Å². The van der Waals surface area contributed by atoms with Gasteiger partial charge >= 0.3 is 0 Å². The number of hydrogen-bond donors (Lipinski definition) is 1. The third kappa shape index (κ3) is 2.88. The van der Waals surface area contributed by atoms with Crippen LogP contribution in [0.1, 0.15) is 30.0 Å². The molecule has 0 fully saturated rings. The van der Waals surface area contributed by atoms with E-state index in [0.29, 0.717) is 17.0 Å². The predicted molar refractivity (Wildman–Crippen MR) is 71.1 cm³/mol. The molecule has 0 aliphatic rings. The van der Waals surface area contributed by atoms with Gasteiger partial charge in [0.15, 0.2) is 0 Å². The molecule has 1 atom stereocenters. The van der Waals surface area contributed by atoms with Gasteiger partial charge in [0.1, 0.15) is 11.6 Å². The SMILES string of the molecule is Cc1noc(C)c1C(C)NS(=O)(=O)c1ccc(F)cc1. The molecule has 0 saturated carbocycles. The van der Waals surface area contributed by atoms with E-state index in [2.05, 4.69) is 9.88 Å². The second-order valence-corrected chi connectivity index (χ2v) is 6.25. The molecule has 0 radical (unpaired) electrons. The van der Waals surface area contributed by atoms with Crippen molar-refractivity contribution >= 4 is 10.0 Å². The quantitative estimate of drug-likeness (QED) is 0.941. The van der Waals surface area contributed by atoms with Gasteiger partial charge in [-0.15, -0.1) is 0 Å². The molecule has 7 heteroatoms. The number of sulfonamides is 1. The van der Waals surface area contributed by atoms with Gasteiger partial charge in [-0.05, 0) is 45.0 Å². The van der Waals surface area contributed by atoms with Crippen LogP contribution in [-0.4, -0.2) is 13.6 Å². The zero-order valence-electron chi connectivity index (χ0n) is 11.3. The summed E-state index contributed by atoms with van der Waals surface area (Å²) >= 11 is 0. The fourth-order valence-electron chi connectivity index (χ4n) is 2.08. The Morgan fingerprint density at radius 3 is 2.35 bits per heavy atom. The fraction of sp³-hybridized carbons (Fsp3) is 0.308. The van der Waals surface area contributed by atoms with Crippen molar-refractivity contribution in [2.45, 2.75) is 31.7 Å². The van der Waals surface area contributed by atoms with Crippen LogP contribution in [0.15, 0.2) is 33.7 Å². The van der Waals surface area contributed by atoms with Gasteiger partial charge in [0.2, 0.25) is 10.0 Å². The monoisotopic (exact) mass is 298 g/mol. The molecule has 1 heterocycles. The zero-order valence-corrected chi connectivity index (χ0v) is 12.2. The second kappa shape index (κ2) is 5.34. The number of nitrogens with one attached hydrogen (secondary N) is 1. The molecule has 0 saturated heterocycles. The topological polar surface area (TPSA) is 72.2 Å². The van der Waals surface area contributed by atoms with Gasteiger partial charge in [-0.3, -0.25) is 0 Å². The molecular formula is C13H15FN2O3S. The minimum Gasteiger partial charge on any atom is -0.361 e. The molecule has 0 amide bonds. The van der Waals surface area contributed by atoms with Crippen molar-refractivity contribution in [2.75, 3.05) is 0 Å². The van der Waals surface area contributed by atoms with Crippen LogP contribution in [0.25, 0.3) is 0 Å². The molecule has 0 bridgehead atoms. The summed E-state index contributed by atoms with van der Waals surface area (Å²) < 4.78 is 44.7. The van der Waals surface area contributed by atoms with E-state index >= 15 is 0 Å². The van der Waals surface area contributed by atoms with E-state index < -0.39 is 21.9 Å². The van der Waals surface area contributed by atoms with Crippen LogP contribution in [0.5, 0.6) is 0 Å². The molecule has 108 valence electrons. The first kappa shape index (κ1) is 14.7. The first-order valence-corrected chi connectivity index (χ1v) is 7.50. The van der Waals surface area contributed by atoms with Crippen molar-refractivity contribution in [1.82, 2.24) is 9.88 Å². The van der Waals surface area contributed by atoms with Crippen molar-refractivity contribution in [3.05, 3.63) is 47.1 Å². The molecule has 1 aromatic heterocycles. The van der Waals surface area contributed by atoms with E-state index in [0.717, 1.165) is 12.1 Å². The summed E-state index contributed by atoms with van der Waals surface area (Å²) in [5.74, 6) is 0.0829. The number of hydrogen-bond acceptors (Lipinski definition) is 4. The lowest BCUT2D eigenvalue weighted by molar-refractivity contribution is 0.391. The summed E-state index contributed by atoms with van der Waals surface area (Å²) in [4.78, 5) is 0.0116. The summed E-state index contributed by atoms with van der Waals surface area (Å²) in [5, 5.41) is 3.79. The van der Waals surface area contributed by atoms with Gasteiger partial charge in [-0.1, -0.05) is 5.16 Å². The zero-order chi connectivity index (χ0) is 14.9. The van der Waals surface area contributed by atoms with E-state index in [1.165, 1.54) is 12.1 Å². The van der Waals surface area contributed by atoms with Gasteiger partial charge in [0.05, 0.1) is 10.6 Å². The second-order valence-electron chi connectivity index (χ2n) is 4.53. The number of rotatable bonds is 4. The van der Waals surface area contributed by atoms with Crippen LogP contribution >= 0.6 is 0 Å². The normalized spacial score (nSPS) is 13.4. The van der Waals surface area contributed by atoms with Gasteiger partial charge in [0.25, 0.3) is 0 Å². The van der Waals surface area contributed by atoms with Gasteiger partial charge in [0, 0.05) is 11.6 Å². The Kier molecular flexibility index (Phi) is 3.92. The average Bonchev–Trinajstić information content (AvgIpc) is 2.69. The minimum absolute atomic E-state index is 0.0116. The molecule has 2 rings (SSSR count). The van der Waals surface area contributed by atoms with Crippen LogP contribution in [0, 0.1) is 19.7 Å². The maximum atomic E-state index is 12.8. The largest absolute Gasteiger partial charge is 0.361 e. The molecule has 1 unspecified atom stereocenters. The minimum atomic E-state index is -3.72. The molecule has 0 aliphatic heterocycles. The highest BCUT2D eigenvalue weighted by Gasteiger charge is 2.23. The molecule has 1 aromatic carbocycles. The fourth-order valence-corrected chi connectivity index (χ4v) is 3.30.